The zero-order valence-electron chi connectivity index (χ0n) is 13.3. The Bertz CT molecular complexity index is 773. The van der Waals surface area contributed by atoms with Gasteiger partial charge in [0.2, 0.25) is 0 Å². The van der Waals surface area contributed by atoms with Crippen molar-refractivity contribution in [1.82, 2.24) is 9.88 Å². The Morgan fingerprint density at radius 2 is 2.26 bits per heavy atom. The number of fused-ring (bicyclic) bond motifs is 1. The van der Waals surface area contributed by atoms with Gasteiger partial charge in [0.25, 0.3) is 5.91 Å². The van der Waals surface area contributed by atoms with E-state index < -0.39 is 0 Å². The van der Waals surface area contributed by atoms with E-state index in [1.807, 2.05) is 17.0 Å². The maximum absolute atomic E-state index is 12.7. The second-order valence-corrected chi connectivity index (χ2v) is 5.88. The molecule has 5 heteroatoms. The third kappa shape index (κ3) is 2.93. The van der Waals surface area contributed by atoms with Gasteiger partial charge in [0.15, 0.2) is 0 Å². The van der Waals surface area contributed by atoms with Crippen LogP contribution in [-0.4, -0.2) is 36.0 Å². The van der Waals surface area contributed by atoms with Gasteiger partial charge in [-0.3, -0.25) is 4.79 Å². The molecule has 23 heavy (non-hydrogen) atoms. The number of amides is 1. The molecule has 1 unspecified atom stereocenters. The molecule has 1 aromatic carbocycles. The summed E-state index contributed by atoms with van der Waals surface area (Å²) in [6.07, 6.45) is 2.38. The number of aromatic nitrogens is 1. The maximum Gasteiger partial charge on any atom is 0.270 e. The van der Waals surface area contributed by atoms with E-state index in [1.54, 1.807) is 19.4 Å². The van der Waals surface area contributed by atoms with E-state index in [4.69, 9.17) is 10.00 Å². The third-order valence-electron chi connectivity index (χ3n) is 4.36. The number of nitrogens with one attached hydrogen (secondary N) is 1. The van der Waals surface area contributed by atoms with Gasteiger partial charge in [0.1, 0.15) is 17.5 Å². The summed E-state index contributed by atoms with van der Waals surface area (Å²) < 4.78 is 5.31. The Balaban J connectivity index is 1.83. The van der Waals surface area contributed by atoms with Gasteiger partial charge in [-0.2, -0.15) is 5.26 Å². The minimum Gasteiger partial charge on any atom is -0.497 e. The Labute approximate surface area is 135 Å². The third-order valence-corrected chi connectivity index (χ3v) is 4.36. The van der Waals surface area contributed by atoms with E-state index >= 15 is 0 Å². The summed E-state index contributed by atoms with van der Waals surface area (Å²) in [5.41, 5.74) is 3.45. The minimum absolute atomic E-state index is 0.0573. The summed E-state index contributed by atoms with van der Waals surface area (Å²) >= 11 is 0. The maximum atomic E-state index is 12.7. The van der Waals surface area contributed by atoms with Gasteiger partial charge in [0.05, 0.1) is 12.7 Å². The molecule has 0 saturated carbocycles. The Morgan fingerprint density at radius 3 is 2.96 bits per heavy atom. The van der Waals surface area contributed by atoms with Gasteiger partial charge in [-0.1, -0.05) is 13.0 Å². The monoisotopic (exact) mass is 309 g/mol. The second kappa shape index (κ2) is 6.17. The molecule has 0 spiro atoms. The topological polar surface area (TPSA) is 69.1 Å². The summed E-state index contributed by atoms with van der Waals surface area (Å²) in [4.78, 5) is 17.4. The van der Waals surface area contributed by atoms with Gasteiger partial charge in [-0.25, -0.2) is 0 Å². The van der Waals surface area contributed by atoms with Crippen LogP contribution in [0.15, 0.2) is 30.5 Å². The molecular formula is C18H19N3O2. The first-order chi connectivity index (χ1) is 11.1. The molecule has 0 saturated heterocycles. The number of aromatic amines is 1. The number of methoxy groups -OCH3 is 1. The molecule has 2 aromatic rings. The summed E-state index contributed by atoms with van der Waals surface area (Å²) in [5.74, 6) is 1.02. The van der Waals surface area contributed by atoms with E-state index in [9.17, 15) is 4.79 Å². The lowest BCUT2D eigenvalue weighted by Crippen LogP contribution is -2.34. The molecule has 1 aromatic heterocycles. The standard InChI is InChI=1S/C18H19N3O2/c1-12-11-21(18(22)17-7-13(9-19)10-20-17)6-5-14-3-4-15(23-2)8-16(12)14/h3-4,7-8,10,12,20H,5-6,11H2,1-2H3. The number of H-pyrrole nitrogens is 1. The van der Waals surface area contributed by atoms with Crippen molar-refractivity contribution in [1.29, 1.82) is 5.26 Å². The summed E-state index contributed by atoms with van der Waals surface area (Å²) in [6.45, 7) is 3.45. The largest absolute Gasteiger partial charge is 0.497 e. The van der Waals surface area contributed by atoms with Gasteiger partial charge in [-0.15, -0.1) is 0 Å². The van der Waals surface area contributed by atoms with Crippen LogP contribution in [0.2, 0.25) is 0 Å². The van der Waals surface area contributed by atoms with Crippen molar-refractivity contribution >= 4 is 5.91 Å². The van der Waals surface area contributed by atoms with E-state index in [1.165, 1.54) is 11.1 Å². The highest BCUT2D eigenvalue weighted by atomic mass is 16.5. The Kier molecular flexibility index (Phi) is 4.07. The molecule has 1 amide bonds. The van der Waals surface area contributed by atoms with E-state index in [2.05, 4.69) is 24.0 Å². The first-order valence-electron chi connectivity index (χ1n) is 7.67. The fourth-order valence-electron chi connectivity index (χ4n) is 3.10. The van der Waals surface area contributed by atoms with Crippen molar-refractivity contribution < 1.29 is 9.53 Å². The predicted molar refractivity (Wildman–Crippen MR) is 86.5 cm³/mol. The van der Waals surface area contributed by atoms with Gasteiger partial charge in [0, 0.05) is 19.3 Å². The van der Waals surface area contributed by atoms with Crippen LogP contribution in [-0.2, 0) is 6.42 Å². The Hall–Kier alpha value is -2.74. The number of ether oxygens (including phenoxy) is 1. The molecule has 1 atom stereocenters. The lowest BCUT2D eigenvalue weighted by molar-refractivity contribution is 0.0749. The van der Waals surface area contributed by atoms with Crippen molar-refractivity contribution in [3.8, 4) is 11.8 Å². The van der Waals surface area contributed by atoms with Gasteiger partial charge in [-0.05, 0) is 41.7 Å². The van der Waals surface area contributed by atoms with Crippen LogP contribution in [0.4, 0.5) is 0 Å². The van der Waals surface area contributed by atoms with Gasteiger partial charge < -0.3 is 14.6 Å². The fraction of sp³-hybridized carbons (Fsp3) is 0.333. The molecule has 0 fully saturated rings. The van der Waals surface area contributed by atoms with Crippen LogP contribution < -0.4 is 4.74 Å². The van der Waals surface area contributed by atoms with Gasteiger partial charge >= 0.3 is 0 Å². The quantitative estimate of drug-likeness (QED) is 0.927. The number of nitrogens with zero attached hydrogens (tertiary/aromatic N) is 2. The highest BCUT2D eigenvalue weighted by Gasteiger charge is 2.25. The second-order valence-electron chi connectivity index (χ2n) is 5.88. The molecule has 118 valence electrons. The average Bonchev–Trinajstić information content (AvgIpc) is 3.00. The number of benzene rings is 1. The molecule has 0 aliphatic carbocycles. The number of carbonyl (C=O) groups excluding carboxylic acids is 1. The lowest BCUT2D eigenvalue weighted by atomic mass is 9.95. The number of hydrogen-bond acceptors (Lipinski definition) is 3. The highest BCUT2D eigenvalue weighted by molar-refractivity contribution is 5.93. The molecule has 5 nitrogen and oxygen atoms in total. The number of rotatable bonds is 2. The molecule has 1 aliphatic rings. The fourth-order valence-corrected chi connectivity index (χ4v) is 3.10. The summed E-state index contributed by atoms with van der Waals surface area (Å²) in [5, 5.41) is 8.89. The molecular weight excluding hydrogens is 290 g/mol. The number of nitriles is 1. The molecule has 0 bridgehead atoms. The molecule has 2 heterocycles. The van der Waals surface area contributed by atoms with Crippen LogP contribution >= 0.6 is 0 Å². The van der Waals surface area contributed by atoms with Crippen LogP contribution in [0.25, 0.3) is 0 Å². The normalized spacial score (nSPS) is 17.1. The summed E-state index contributed by atoms with van der Waals surface area (Å²) in [6, 6.07) is 9.76. The van der Waals surface area contributed by atoms with E-state index in [0.29, 0.717) is 24.3 Å². The molecule has 0 radical (unpaired) electrons. The van der Waals surface area contributed by atoms with Crippen molar-refractivity contribution in [3.05, 3.63) is 52.8 Å². The van der Waals surface area contributed by atoms with Crippen LogP contribution in [0.3, 0.4) is 0 Å². The van der Waals surface area contributed by atoms with E-state index in [0.717, 1.165) is 12.2 Å². The SMILES string of the molecule is COc1ccc2c(c1)C(C)CN(C(=O)c1cc(C#N)c[nH]1)CC2. The smallest absolute Gasteiger partial charge is 0.270 e. The van der Waals surface area contributed by atoms with E-state index in [-0.39, 0.29) is 11.8 Å². The first kappa shape index (κ1) is 15.2. The van der Waals surface area contributed by atoms with Crippen molar-refractivity contribution in [2.75, 3.05) is 20.2 Å². The minimum atomic E-state index is -0.0573. The predicted octanol–water partition coefficient (Wildman–Crippen LogP) is 2.70. The lowest BCUT2D eigenvalue weighted by Gasteiger charge is -2.22. The van der Waals surface area contributed by atoms with Crippen LogP contribution in [0.1, 0.15) is 40.0 Å². The molecule has 3 rings (SSSR count). The van der Waals surface area contributed by atoms with Crippen molar-refractivity contribution in [2.24, 2.45) is 0 Å². The zero-order chi connectivity index (χ0) is 16.4. The number of hydrogen-bond donors (Lipinski definition) is 1. The average molecular weight is 309 g/mol. The van der Waals surface area contributed by atoms with Crippen LogP contribution in [0.5, 0.6) is 5.75 Å². The van der Waals surface area contributed by atoms with Crippen LogP contribution in [0, 0.1) is 11.3 Å². The zero-order valence-corrected chi connectivity index (χ0v) is 13.3. The number of carbonyl (C=O) groups is 1. The van der Waals surface area contributed by atoms with Crippen molar-refractivity contribution in [2.45, 2.75) is 19.3 Å². The molecule has 1 N–H and O–H groups in total. The first-order valence-corrected chi connectivity index (χ1v) is 7.67. The Morgan fingerprint density at radius 1 is 1.43 bits per heavy atom. The highest BCUT2D eigenvalue weighted by Crippen LogP contribution is 2.29. The summed E-state index contributed by atoms with van der Waals surface area (Å²) in [7, 11) is 1.66. The molecule has 1 aliphatic heterocycles. The van der Waals surface area contributed by atoms with Crippen molar-refractivity contribution in [3.63, 3.8) is 0 Å².